The fourth-order valence-electron chi connectivity index (χ4n) is 5.47. The van der Waals surface area contributed by atoms with Gasteiger partial charge in [-0.25, -0.2) is 9.14 Å². The molecule has 0 fully saturated rings. The van der Waals surface area contributed by atoms with Gasteiger partial charge in [-0.1, -0.05) is 108 Å². The molecule has 9 heteroatoms. The van der Waals surface area contributed by atoms with Gasteiger partial charge in [0.2, 0.25) is 11.5 Å². The van der Waals surface area contributed by atoms with E-state index >= 15 is 0 Å². The van der Waals surface area contributed by atoms with E-state index in [-0.39, 0.29) is 23.3 Å². The Morgan fingerprint density at radius 3 is 2.27 bits per heavy atom. The van der Waals surface area contributed by atoms with E-state index < -0.39 is 7.82 Å². The first-order valence-corrected chi connectivity index (χ1v) is 17.6. The Kier molecular flexibility index (Phi) is 13.6. The number of fused-ring (bicyclic) bond motifs is 1. The Bertz CT molecular complexity index is 1370. The number of allylic oxidation sites excluding steroid dienone is 2. The number of phosphoric ester groups is 1. The van der Waals surface area contributed by atoms with E-state index in [9.17, 15) is 9.46 Å². The normalized spacial score (nSPS) is 16.6. The number of unbranched alkanes of at least 4 members (excludes halogenated alkanes) is 11. The Hall–Kier alpha value is -3.35. The molecule has 2 unspecified atom stereocenters. The molecule has 238 valence electrons. The molecule has 44 heavy (non-hydrogen) atoms. The number of hydrogen-bond donors (Lipinski definition) is 1. The zero-order valence-electron chi connectivity index (χ0n) is 26.2. The number of aliphatic imine (C=N–C) groups is 1. The summed E-state index contributed by atoms with van der Waals surface area (Å²) in [4.78, 5) is 15.1. The molecule has 0 saturated carbocycles. The summed E-state index contributed by atoms with van der Waals surface area (Å²) in [5.41, 5.74) is 1.89. The van der Waals surface area contributed by atoms with Gasteiger partial charge in [-0.15, -0.1) is 0 Å². The van der Waals surface area contributed by atoms with E-state index in [4.69, 9.17) is 18.5 Å². The van der Waals surface area contributed by atoms with Gasteiger partial charge in [0.1, 0.15) is 12.3 Å². The van der Waals surface area contributed by atoms with Crippen molar-refractivity contribution in [3.05, 3.63) is 72.3 Å². The first kappa shape index (κ1) is 33.5. The highest BCUT2D eigenvalue weighted by atomic mass is 31.2. The van der Waals surface area contributed by atoms with Gasteiger partial charge < -0.3 is 18.5 Å². The van der Waals surface area contributed by atoms with Crippen LogP contribution in [0.2, 0.25) is 0 Å². The third-order valence-electron chi connectivity index (χ3n) is 7.79. The predicted octanol–water partition coefficient (Wildman–Crippen LogP) is 8.82. The lowest BCUT2D eigenvalue weighted by molar-refractivity contribution is -0.546. The third-order valence-corrected chi connectivity index (χ3v) is 8.66. The molecule has 8 nitrogen and oxygen atoms in total. The maximum Gasteiger partial charge on any atom is 0.585 e. The van der Waals surface area contributed by atoms with Gasteiger partial charge in [-0.3, -0.25) is 4.89 Å². The van der Waals surface area contributed by atoms with Crippen molar-refractivity contribution in [3.63, 3.8) is 0 Å². The lowest BCUT2D eigenvalue weighted by atomic mass is 10.1. The largest absolute Gasteiger partial charge is 0.585 e. The highest BCUT2D eigenvalue weighted by Crippen LogP contribution is 2.49. The summed E-state index contributed by atoms with van der Waals surface area (Å²) in [6, 6.07) is 12.2. The third kappa shape index (κ3) is 10.7. The molecule has 2 aromatic rings. The number of nitrogens with zero attached hydrogens (tertiary/aromatic N) is 2. The fraction of sp³-hybridized carbons (Fsp3) is 0.486. The van der Waals surface area contributed by atoms with Crippen molar-refractivity contribution in [1.29, 1.82) is 0 Å². The number of ether oxygens (including phenoxy) is 2. The second-order valence-corrected chi connectivity index (χ2v) is 12.7. The molecule has 4 rings (SSSR count). The number of methoxy groups -OCH3 is 1. The van der Waals surface area contributed by atoms with Gasteiger partial charge in [0.05, 0.1) is 13.7 Å². The van der Waals surface area contributed by atoms with Crippen LogP contribution < -0.4 is 18.5 Å². The molecule has 0 amide bonds. The zero-order valence-corrected chi connectivity index (χ0v) is 27.1. The molecule has 0 radical (unpaired) electrons. The quantitative estimate of drug-likeness (QED) is 0.0849. The molecule has 0 saturated heterocycles. The summed E-state index contributed by atoms with van der Waals surface area (Å²) in [7, 11) is -3.06. The summed E-state index contributed by atoms with van der Waals surface area (Å²) < 4.78 is 37.5. The molecule has 1 heterocycles. The fourth-order valence-corrected chi connectivity index (χ4v) is 6.28. The Morgan fingerprint density at radius 2 is 1.55 bits per heavy atom. The molecule has 1 aliphatic heterocycles. The van der Waals surface area contributed by atoms with E-state index in [1.54, 1.807) is 36.4 Å². The summed E-state index contributed by atoms with van der Waals surface area (Å²) in [5, 5.41) is 0. The van der Waals surface area contributed by atoms with E-state index in [1.807, 2.05) is 30.6 Å². The molecule has 2 atom stereocenters. The zero-order chi connectivity index (χ0) is 31.0. The van der Waals surface area contributed by atoms with Crippen LogP contribution in [0.5, 0.6) is 23.0 Å². The van der Waals surface area contributed by atoms with Crippen LogP contribution in [0.3, 0.4) is 0 Å². The minimum atomic E-state index is -4.54. The van der Waals surface area contributed by atoms with Gasteiger partial charge in [0.15, 0.2) is 17.5 Å². The molecule has 2 aliphatic rings. The van der Waals surface area contributed by atoms with Crippen LogP contribution >= 0.6 is 7.82 Å². The lowest BCUT2D eigenvalue weighted by Gasteiger charge is -2.18. The van der Waals surface area contributed by atoms with E-state index in [2.05, 4.69) is 22.6 Å². The average molecular weight is 624 g/mol. The average Bonchev–Trinajstić information content (AvgIpc) is 3.42. The number of phosphoric acid groups is 1. The van der Waals surface area contributed by atoms with Crippen LogP contribution in [0.15, 0.2) is 71.8 Å². The lowest BCUT2D eigenvalue weighted by Crippen LogP contribution is -2.28. The Labute approximate surface area is 262 Å². The van der Waals surface area contributed by atoms with Crippen LogP contribution in [-0.4, -0.2) is 41.3 Å². The number of para-hydroxylation sites is 1. The van der Waals surface area contributed by atoms with Gasteiger partial charge in [-0.2, -0.15) is 0 Å². The molecule has 1 aliphatic carbocycles. The second-order valence-electron chi connectivity index (χ2n) is 11.4. The molecule has 0 bridgehead atoms. The molecule has 2 aromatic carbocycles. The first-order valence-electron chi connectivity index (χ1n) is 16.1. The van der Waals surface area contributed by atoms with Gasteiger partial charge in [0.25, 0.3) is 6.34 Å². The summed E-state index contributed by atoms with van der Waals surface area (Å²) >= 11 is 0. The Balaban J connectivity index is 1.21. The molecular formula is C35H48N2O6P+. The Morgan fingerprint density at radius 1 is 0.864 bits per heavy atom. The standard InChI is InChI=1S/C35H47N2O6P/c1-3-4-5-6-7-8-9-10-11-12-13-16-25-41-33-23-18-24-34(35(33)40-2)43-44(38,39)42-30-20-17-19-29(26-30)27-37-28-36-31-21-14-15-22-32(31)37/h14-15,17-24,26,28,32H,3-13,16,25,27H2,1-2H3/p+1. The molecule has 0 aromatic heterocycles. The summed E-state index contributed by atoms with van der Waals surface area (Å²) in [5.74, 6) is 1.03. The molecular weight excluding hydrogens is 575 g/mol. The topological polar surface area (TPSA) is 89.6 Å². The van der Waals surface area contributed by atoms with Gasteiger partial charge in [-0.05, 0) is 53.4 Å². The monoisotopic (exact) mass is 623 g/mol. The van der Waals surface area contributed by atoms with E-state index in [0.29, 0.717) is 18.9 Å². The molecule has 1 N–H and O–H groups in total. The van der Waals surface area contributed by atoms with Crippen molar-refractivity contribution >= 4 is 19.9 Å². The van der Waals surface area contributed by atoms with Crippen LogP contribution in [0.1, 0.15) is 89.5 Å². The maximum atomic E-state index is 13.0. The predicted molar refractivity (Wildman–Crippen MR) is 177 cm³/mol. The second kappa shape index (κ2) is 17.8. The summed E-state index contributed by atoms with van der Waals surface area (Å²) in [6.07, 6.45) is 25.1. The van der Waals surface area contributed by atoms with Crippen molar-refractivity contribution < 1.29 is 32.6 Å². The smallest absolute Gasteiger partial charge is 0.490 e. The van der Waals surface area contributed by atoms with Crippen LogP contribution in [0.25, 0.3) is 0 Å². The first-order chi connectivity index (χ1) is 21.5. The van der Waals surface area contributed by atoms with E-state index in [0.717, 1.165) is 24.1 Å². The van der Waals surface area contributed by atoms with Crippen molar-refractivity contribution in [2.24, 2.45) is 4.99 Å². The minimum Gasteiger partial charge on any atom is -0.490 e. The van der Waals surface area contributed by atoms with Crippen LogP contribution in [0.4, 0.5) is 0 Å². The molecule has 0 spiro atoms. The SMILES string of the molecule is CCCCCCCCCCCCCCOc1cccc(OP(=O)(O)Oc2cccc(C[N+]3=CN=C4C=CC=CC43)c2)c1OC. The number of hydrogen-bond acceptors (Lipinski definition) is 6. The minimum absolute atomic E-state index is 0.0789. The van der Waals surface area contributed by atoms with Crippen molar-refractivity contribution in [2.75, 3.05) is 13.7 Å². The highest BCUT2D eigenvalue weighted by Gasteiger charge is 2.30. The van der Waals surface area contributed by atoms with Gasteiger partial charge >= 0.3 is 7.82 Å². The van der Waals surface area contributed by atoms with Gasteiger partial charge in [0, 0.05) is 0 Å². The van der Waals surface area contributed by atoms with E-state index in [1.165, 1.54) is 71.3 Å². The maximum absolute atomic E-state index is 13.0. The van der Waals surface area contributed by atoms with Crippen molar-refractivity contribution in [3.8, 4) is 23.0 Å². The number of benzene rings is 2. The van der Waals surface area contributed by atoms with Crippen LogP contribution in [0, 0.1) is 0 Å². The van der Waals surface area contributed by atoms with Crippen molar-refractivity contribution in [1.82, 2.24) is 0 Å². The van der Waals surface area contributed by atoms with Crippen molar-refractivity contribution in [2.45, 2.75) is 96.6 Å². The van der Waals surface area contributed by atoms with Crippen LogP contribution in [-0.2, 0) is 11.1 Å². The highest BCUT2D eigenvalue weighted by molar-refractivity contribution is 7.48. The number of rotatable bonds is 21. The summed E-state index contributed by atoms with van der Waals surface area (Å²) in [6.45, 7) is 3.36.